The van der Waals surface area contributed by atoms with E-state index in [2.05, 4.69) is 39.2 Å². The molecule has 9 heteroatoms. The molecule has 0 spiro atoms. The molecule has 0 atom stereocenters. The van der Waals surface area contributed by atoms with Crippen LogP contribution in [0.5, 0.6) is 0 Å². The fraction of sp³-hybridized carbons (Fsp3) is 0.276. The van der Waals surface area contributed by atoms with E-state index in [0.717, 1.165) is 63.3 Å². The Bertz CT molecular complexity index is 1580. The van der Waals surface area contributed by atoms with Crippen LogP contribution >= 0.6 is 0 Å². The second-order valence-electron chi connectivity index (χ2n) is 9.92. The van der Waals surface area contributed by atoms with Crippen LogP contribution in [0.15, 0.2) is 54.9 Å². The zero-order valence-corrected chi connectivity index (χ0v) is 22.8. The van der Waals surface area contributed by atoms with Gasteiger partial charge in [-0.25, -0.2) is 8.42 Å². The van der Waals surface area contributed by atoms with Crippen LogP contribution in [0.1, 0.15) is 27.9 Å². The monoisotopic (exact) mass is 530 g/mol. The highest BCUT2D eigenvalue weighted by molar-refractivity contribution is 7.88. The van der Waals surface area contributed by atoms with E-state index in [1.807, 2.05) is 62.7 Å². The van der Waals surface area contributed by atoms with Crippen LogP contribution in [-0.2, 0) is 15.8 Å². The van der Waals surface area contributed by atoms with E-state index >= 15 is 0 Å². The molecule has 38 heavy (non-hydrogen) atoms. The third-order valence-electron chi connectivity index (χ3n) is 7.24. The second-order valence-corrected chi connectivity index (χ2v) is 11.9. The van der Waals surface area contributed by atoms with Crippen molar-refractivity contribution < 1.29 is 8.42 Å². The molecular formula is C29H34N6O2S. The summed E-state index contributed by atoms with van der Waals surface area (Å²) < 4.78 is 27.3. The Kier molecular flexibility index (Phi) is 7.25. The normalized spacial score (nSPS) is 15.4. The van der Waals surface area contributed by atoms with Gasteiger partial charge in [0.2, 0.25) is 10.0 Å². The molecule has 4 aromatic rings. The molecule has 1 aliphatic rings. The second kappa shape index (κ2) is 10.6. The summed E-state index contributed by atoms with van der Waals surface area (Å²) in [6.45, 7) is 6.66. The van der Waals surface area contributed by atoms with E-state index in [0.29, 0.717) is 18.8 Å². The molecule has 1 aliphatic heterocycles. The smallest absolute Gasteiger partial charge is 0.218 e. The summed E-state index contributed by atoms with van der Waals surface area (Å²) in [4.78, 5) is 9.86. The number of nitrogens with one attached hydrogen (secondary N) is 2. The van der Waals surface area contributed by atoms with Crippen molar-refractivity contribution in [3.05, 3.63) is 82.8 Å². The number of fused-ring (bicyclic) bond motifs is 1. The number of H-pyrrole nitrogens is 1. The molecule has 8 nitrogen and oxygen atoms in total. The Morgan fingerprint density at radius 3 is 2.50 bits per heavy atom. The fourth-order valence-corrected chi connectivity index (χ4v) is 6.32. The molecule has 2 aromatic carbocycles. The Balaban J connectivity index is 1.35. The number of piperazine rings is 1. The molecule has 1 saturated heterocycles. The highest BCUT2D eigenvalue weighted by Gasteiger charge is 2.25. The maximum atomic E-state index is 12.9. The lowest BCUT2D eigenvalue weighted by molar-refractivity contribution is 0.222. The molecule has 0 amide bonds. The number of likely N-dealkylation sites (N-methyl/N-ethyl adjacent to an activating group) is 1. The van der Waals surface area contributed by atoms with Crippen molar-refractivity contribution in [3.63, 3.8) is 0 Å². The van der Waals surface area contributed by atoms with Gasteiger partial charge in [0.1, 0.15) is 0 Å². The molecular weight excluding hydrogens is 496 g/mol. The molecule has 1 fully saturated rings. The molecule has 4 N–H and O–H groups in total. The molecule has 5 rings (SSSR count). The molecule has 0 radical (unpaired) electrons. The molecule has 198 valence electrons. The first-order valence-corrected chi connectivity index (χ1v) is 14.3. The number of nitrogens with two attached hydrogens (primary N) is 1. The minimum absolute atomic E-state index is 0.0118. The van der Waals surface area contributed by atoms with Gasteiger partial charge in [0, 0.05) is 60.2 Å². The lowest BCUT2D eigenvalue weighted by Crippen LogP contribution is -2.47. The number of sulfonamides is 1. The minimum atomic E-state index is -3.33. The van der Waals surface area contributed by atoms with Crippen LogP contribution in [0.4, 0.5) is 17.1 Å². The zero-order valence-electron chi connectivity index (χ0n) is 22.0. The van der Waals surface area contributed by atoms with Crippen LogP contribution in [0, 0.1) is 13.8 Å². The number of anilines is 3. The Morgan fingerprint density at radius 1 is 1.03 bits per heavy atom. The number of nitrogens with zero attached hydrogens (tertiary/aromatic N) is 3. The number of nitrogen functional groups attached to an aromatic ring is 1. The van der Waals surface area contributed by atoms with Crippen LogP contribution in [0.25, 0.3) is 23.1 Å². The van der Waals surface area contributed by atoms with E-state index in [-0.39, 0.29) is 5.75 Å². The van der Waals surface area contributed by atoms with Gasteiger partial charge in [-0.3, -0.25) is 4.98 Å². The van der Waals surface area contributed by atoms with Gasteiger partial charge >= 0.3 is 0 Å². The van der Waals surface area contributed by atoms with Gasteiger partial charge in [-0.05, 0) is 55.8 Å². The lowest BCUT2D eigenvalue weighted by Gasteiger charge is -2.31. The number of pyridine rings is 1. The Morgan fingerprint density at radius 2 is 1.76 bits per heavy atom. The highest BCUT2D eigenvalue weighted by atomic mass is 32.2. The number of aryl methyl sites for hydroxylation is 2. The van der Waals surface area contributed by atoms with Gasteiger partial charge < -0.3 is 20.9 Å². The number of aromatic amines is 1. The van der Waals surface area contributed by atoms with Gasteiger partial charge in [0.05, 0.1) is 23.3 Å². The summed E-state index contributed by atoms with van der Waals surface area (Å²) in [6, 6.07) is 13.8. The minimum Gasteiger partial charge on any atom is -0.396 e. The number of aromatic nitrogens is 2. The molecule has 0 saturated carbocycles. The van der Waals surface area contributed by atoms with Gasteiger partial charge in [-0.2, -0.15) is 4.31 Å². The maximum absolute atomic E-state index is 12.9. The van der Waals surface area contributed by atoms with Crippen LogP contribution in [-0.4, -0.2) is 60.8 Å². The SMILES string of the molecule is Cc1ncc(N)c(Nc2ccc3[nH]ccc3c2C)c1/C=C/c1ccc(CS(=O)(=O)N2CCN(C)CC2)cc1. The largest absolute Gasteiger partial charge is 0.396 e. The fourth-order valence-electron chi connectivity index (χ4n) is 4.81. The molecule has 0 aliphatic carbocycles. The average Bonchev–Trinajstić information content (AvgIpc) is 3.38. The summed E-state index contributed by atoms with van der Waals surface area (Å²) in [7, 11) is -1.32. The van der Waals surface area contributed by atoms with Crippen molar-refractivity contribution in [1.82, 2.24) is 19.2 Å². The molecule has 0 unspecified atom stereocenters. The summed E-state index contributed by atoms with van der Waals surface area (Å²) in [5.74, 6) is 0.0118. The van der Waals surface area contributed by atoms with Crippen molar-refractivity contribution in [2.24, 2.45) is 0 Å². The summed E-state index contributed by atoms with van der Waals surface area (Å²) in [5.41, 5.74) is 14.4. The summed E-state index contributed by atoms with van der Waals surface area (Å²) >= 11 is 0. The third kappa shape index (κ3) is 5.45. The summed E-state index contributed by atoms with van der Waals surface area (Å²) in [5, 5.41) is 4.69. The van der Waals surface area contributed by atoms with Crippen molar-refractivity contribution in [3.8, 4) is 0 Å². The van der Waals surface area contributed by atoms with Gasteiger partial charge in [-0.1, -0.05) is 36.4 Å². The summed E-state index contributed by atoms with van der Waals surface area (Å²) in [6.07, 6.45) is 7.61. The molecule has 2 aromatic heterocycles. The van der Waals surface area contributed by atoms with E-state index in [1.165, 1.54) is 0 Å². The molecule has 0 bridgehead atoms. The maximum Gasteiger partial charge on any atom is 0.218 e. The van der Waals surface area contributed by atoms with E-state index in [9.17, 15) is 8.42 Å². The quantitative estimate of drug-likeness (QED) is 0.318. The van der Waals surface area contributed by atoms with Crippen LogP contribution in [0.2, 0.25) is 0 Å². The van der Waals surface area contributed by atoms with Crippen molar-refractivity contribution in [2.45, 2.75) is 19.6 Å². The number of hydrogen-bond donors (Lipinski definition) is 3. The van der Waals surface area contributed by atoms with Gasteiger partial charge in [0.15, 0.2) is 0 Å². The van der Waals surface area contributed by atoms with Crippen LogP contribution in [0.3, 0.4) is 0 Å². The van der Waals surface area contributed by atoms with E-state index in [1.54, 1.807) is 10.5 Å². The predicted octanol–water partition coefficient (Wildman–Crippen LogP) is 4.75. The first kappa shape index (κ1) is 26.0. The van der Waals surface area contributed by atoms with Crippen molar-refractivity contribution >= 4 is 50.1 Å². The number of hydrogen-bond acceptors (Lipinski definition) is 6. The predicted molar refractivity (Wildman–Crippen MR) is 157 cm³/mol. The lowest BCUT2D eigenvalue weighted by atomic mass is 10.1. The van der Waals surface area contributed by atoms with Crippen molar-refractivity contribution in [2.75, 3.05) is 44.3 Å². The first-order chi connectivity index (χ1) is 18.2. The van der Waals surface area contributed by atoms with Crippen molar-refractivity contribution in [1.29, 1.82) is 0 Å². The molecule has 3 heterocycles. The topological polar surface area (TPSA) is 107 Å². The average molecular weight is 531 g/mol. The Hall–Kier alpha value is -3.66. The number of benzene rings is 2. The van der Waals surface area contributed by atoms with Gasteiger partial charge in [-0.15, -0.1) is 0 Å². The van der Waals surface area contributed by atoms with E-state index < -0.39 is 10.0 Å². The number of rotatable bonds is 7. The highest BCUT2D eigenvalue weighted by Crippen LogP contribution is 2.33. The third-order valence-corrected chi connectivity index (χ3v) is 9.09. The van der Waals surface area contributed by atoms with Gasteiger partial charge in [0.25, 0.3) is 0 Å². The Labute approximate surface area is 224 Å². The zero-order chi connectivity index (χ0) is 26.9. The van der Waals surface area contributed by atoms with E-state index in [4.69, 9.17) is 5.73 Å². The standard InChI is InChI=1S/C29H34N6O2S/c1-20-24-12-13-31-28(24)11-10-27(20)33-29-25(21(2)32-18-26(29)30)9-8-22-4-6-23(7-5-22)19-38(36,37)35-16-14-34(3)15-17-35/h4-13,18,31H,14-17,19,30H2,1-3H3,(H,32,33)/b9-8+. The van der Waals surface area contributed by atoms with Crippen LogP contribution < -0.4 is 11.1 Å². The first-order valence-electron chi connectivity index (χ1n) is 12.7.